The van der Waals surface area contributed by atoms with Gasteiger partial charge in [0.1, 0.15) is 29.3 Å². The lowest BCUT2D eigenvalue weighted by atomic mass is 9.61. The maximum absolute atomic E-state index is 15.0. The molecular formula is C49H53F3N6O8. The summed E-state index contributed by atoms with van der Waals surface area (Å²) in [6.07, 6.45) is 4.57. The Morgan fingerprint density at radius 2 is 1.52 bits per heavy atom. The van der Waals surface area contributed by atoms with Gasteiger partial charge in [0.2, 0.25) is 11.8 Å². The number of pyridine rings is 2. The van der Waals surface area contributed by atoms with Crippen molar-refractivity contribution in [3.05, 3.63) is 81.5 Å². The van der Waals surface area contributed by atoms with Crippen molar-refractivity contribution >= 4 is 34.4 Å². The third-order valence-electron chi connectivity index (χ3n) is 15.1. The molecule has 2 atom stereocenters. The van der Waals surface area contributed by atoms with Crippen LogP contribution in [0.5, 0.6) is 17.2 Å². The summed E-state index contributed by atoms with van der Waals surface area (Å²) in [7, 11) is 4.91. The van der Waals surface area contributed by atoms with Crippen molar-refractivity contribution in [3.8, 4) is 28.4 Å². The van der Waals surface area contributed by atoms with Crippen LogP contribution in [-0.4, -0.2) is 113 Å². The zero-order valence-electron chi connectivity index (χ0n) is 37.2. The Morgan fingerprint density at radius 3 is 2.15 bits per heavy atom. The average Bonchev–Trinajstić information content (AvgIpc) is 4.11. The van der Waals surface area contributed by atoms with Gasteiger partial charge in [0, 0.05) is 49.6 Å². The van der Waals surface area contributed by atoms with Crippen molar-refractivity contribution in [2.24, 2.45) is 18.4 Å². The zero-order valence-corrected chi connectivity index (χ0v) is 37.2. The van der Waals surface area contributed by atoms with Crippen LogP contribution in [0.15, 0.2) is 53.6 Å². The van der Waals surface area contributed by atoms with E-state index in [4.69, 9.17) is 14.2 Å². The number of halogens is 3. The first-order valence-electron chi connectivity index (χ1n) is 22.9. The molecule has 1 spiro atoms. The number of piperidine rings is 3. The monoisotopic (exact) mass is 910 g/mol. The summed E-state index contributed by atoms with van der Waals surface area (Å²) < 4.78 is 64.7. The van der Waals surface area contributed by atoms with E-state index in [0.29, 0.717) is 99.8 Å². The van der Waals surface area contributed by atoms with E-state index in [-0.39, 0.29) is 41.0 Å². The van der Waals surface area contributed by atoms with Crippen LogP contribution in [0, 0.1) is 11.3 Å². The summed E-state index contributed by atoms with van der Waals surface area (Å²) >= 11 is 0. The number of likely N-dealkylation sites (tertiary alicyclic amines) is 2. The summed E-state index contributed by atoms with van der Waals surface area (Å²) in [6.45, 7) is 2.10. The molecule has 348 valence electrons. The SMILES string of the molecule is COc1cc(-c2cn(C)c(=O)c3cnc(C4CC4)cc23)cc(OC)c1CN1CCC(C(N2CCC3(CC2)CC(Oc2ccc4c(c2)C(=O)N(C2CCC(=O)NC2=O)C4=O)C3)C(F)(F)F)CC1. The number of nitrogens with one attached hydrogen (secondary N) is 1. The molecule has 2 saturated carbocycles. The van der Waals surface area contributed by atoms with Gasteiger partial charge >= 0.3 is 6.18 Å². The molecule has 0 radical (unpaired) electrons. The molecule has 10 rings (SSSR count). The Morgan fingerprint density at radius 1 is 0.833 bits per heavy atom. The van der Waals surface area contributed by atoms with Gasteiger partial charge in [-0.15, -0.1) is 0 Å². The lowest BCUT2D eigenvalue weighted by Gasteiger charge is -2.53. The predicted molar refractivity (Wildman–Crippen MR) is 235 cm³/mol. The Labute approximate surface area is 379 Å². The van der Waals surface area contributed by atoms with Crippen LogP contribution >= 0.6 is 0 Å². The number of aryl methyl sites for hydroxylation is 1. The van der Waals surface area contributed by atoms with Crippen molar-refractivity contribution in [3.63, 3.8) is 0 Å². The largest absolute Gasteiger partial charge is 0.496 e. The quantitative estimate of drug-likeness (QED) is 0.167. The van der Waals surface area contributed by atoms with Gasteiger partial charge in [-0.3, -0.25) is 49.0 Å². The highest BCUT2D eigenvalue weighted by atomic mass is 19.4. The molecule has 4 aromatic rings. The van der Waals surface area contributed by atoms with Crippen LogP contribution in [-0.2, 0) is 23.2 Å². The van der Waals surface area contributed by atoms with Gasteiger partial charge in [0.25, 0.3) is 17.4 Å². The molecule has 6 heterocycles. The second-order valence-corrected chi connectivity index (χ2v) is 19.2. The number of ether oxygens (including phenoxy) is 3. The van der Waals surface area contributed by atoms with Crippen LogP contribution in [0.2, 0.25) is 0 Å². The van der Waals surface area contributed by atoms with Gasteiger partial charge in [-0.05, 0) is 143 Å². The standard InChI is InChI=1S/C49H53F3N6O8/c1-55-25-36(33-21-38(27-4-5-27)53-24-35(33)45(55)61)29-18-40(64-2)37(41(19-29)65-3)26-56-14-10-28(11-15-56)43(49(50,51)52)57-16-12-48(13-17-57)22-31(23-48)66-30-6-7-32-34(20-30)47(63)58(46(32)62)39-8-9-42(59)54-44(39)60/h6-7,18-21,24-25,27-28,31,39,43H,4-5,8-17,22-23,26H2,1-3H3,(H,54,59,60). The van der Waals surface area contributed by atoms with Gasteiger partial charge in [0.05, 0.1) is 42.4 Å². The number of carbonyl (C=O) groups excluding carboxylic acids is 4. The third-order valence-corrected chi connectivity index (χ3v) is 15.1. The Balaban J connectivity index is 0.757. The normalized spacial score (nSPS) is 22.4. The molecule has 2 aliphatic carbocycles. The predicted octanol–water partition coefficient (Wildman–Crippen LogP) is 6.36. The minimum Gasteiger partial charge on any atom is -0.496 e. The number of methoxy groups -OCH3 is 2. The van der Waals surface area contributed by atoms with Crippen LogP contribution in [0.4, 0.5) is 13.2 Å². The van der Waals surface area contributed by atoms with E-state index < -0.39 is 47.8 Å². The molecule has 2 aromatic carbocycles. The van der Waals surface area contributed by atoms with E-state index in [0.717, 1.165) is 45.5 Å². The highest BCUT2D eigenvalue weighted by molar-refractivity contribution is 6.23. The highest BCUT2D eigenvalue weighted by Crippen LogP contribution is 2.52. The molecule has 17 heteroatoms. The summed E-state index contributed by atoms with van der Waals surface area (Å²) in [6, 6.07) is 7.95. The minimum atomic E-state index is -4.38. The summed E-state index contributed by atoms with van der Waals surface area (Å²) in [5.41, 5.74) is 3.50. The number of imide groups is 2. The number of fused-ring (bicyclic) bond motifs is 2. The number of carbonyl (C=O) groups is 4. The fourth-order valence-corrected chi connectivity index (χ4v) is 11.3. The lowest BCUT2D eigenvalue weighted by molar-refractivity contribution is -0.210. The Kier molecular flexibility index (Phi) is 11.2. The summed E-state index contributed by atoms with van der Waals surface area (Å²) in [4.78, 5) is 72.9. The molecule has 4 amide bonds. The number of benzene rings is 2. The van der Waals surface area contributed by atoms with E-state index in [1.165, 1.54) is 12.1 Å². The second kappa shape index (κ2) is 16.8. The number of aromatic nitrogens is 2. The van der Waals surface area contributed by atoms with Gasteiger partial charge in [-0.1, -0.05) is 0 Å². The van der Waals surface area contributed by atoms with E-state index in [1.807, 2.05) is 24.4 Å². The number of hydrogen-bond acceptors (Lipinski definition) is 11. The van der Waals surface area contributed by atoms with Crippen LogP contribution < -0.4 is 25.1 Å². The van der Waals surface area contributed by atoms with Crippen molar-refractivity contribution in [1.82, 2.24) is 29.6 Å². The fraction of sp³-hybridized carbons (Fsp3) is 0.510. The number of nitrogens with zero attached hydrogens (tertiary/aromatic N) is 5. The first-order chi connectivity index (χ1) is 31.6. The molecule has 4 aliphatic heterocycles. The topological polar surface area (TPSA) is 153 Å². The molecule has 14 nitrogen and oxygen atoms in total. The third kappa shape index (κ3) is 8.01. The first kappa shape index (κ1) is 44.0. The minimum absolute atomic E-state index is 0.0278. The van der Waals surface area contributed by atoms with E-state index in [1.54, 1.807) is 43.0 Å². The van der Waals surface area contributed by atoms with Gasteiger partial charge < -0.3 is 18.8 Å². The van der Waals surface area contributed by atoms with Crippen molar-refractivity contribution in [2.45, 2.75) is 101 Å². The highest BCUT2D eigenvalue weighted by Gasteiger charge is 2.53. The average molecular weight is 911 g/mol. The molecule has 2 aromatic heterocycles. The van der Waals surface area contributed by atoms with Gasteiger partial charge in [0.15, 0.2) is 0 Å². The van der Waals surface area contributed by atoms with Crippen molar-refractivity contribution in [1.29, 1.82) is 0 Å². The number of hydrogen-bond donors (Lipinski definition) is 1. The van der Waals surface area contributed by atoms with Crippen LogP contribution in [0.3, 0.4) is 0 Å². The Hall–Kier alpha value is -5.81. The number of rotatable bonds is 11. The maximum Gasteiger partial charge on any atom is 0.404 e. The zero-order chi connectivity index (χ0) is 46.2. The van der Waals surface area contributed by atoms with Gasteiger partial charge in [-0.2, -0.15) is 13.2 Å². The van der Waals surface area contributed by atoms with Gasteiger partial charge in [-0.25, -0.2) is 0 Å². The molecule has 66 heavy (non-hydrogen) atoms. The van der Waals surface area contributed by atoms with E-state index >= 15 is 13.2 Å². The van der Waals surface area contributed by atoms with E-state index in [9.17, 15) is 24.0 Å². The van der Waals surface area contributed by atoms with Crippen LogP contribution in [0.25, 0.3) is 21.9 Å². The maximum atomic E-state index is 15.0. The summed E-state index contributed by atoms with van der Waals surface area (Å²) in [5.74, 6) is -0.869. The molecule has 1 N–H and O–H groups in total. The fourth-order valence-electron chi connectivity index (χ4n) is 11.3. The number of alkyl halides is 3. The number of amides is 4. The molecule has 0 bridgehead atoms. The lowest BCUT2D eigenvalue weighted by Crippen LogP contribution is -2.58. The molecular weight excluding hydrogens is 858 g/mol. The first-order valence-corrected chi connectivity index (χ1v) is 22.9. The summed E-state index contributed by atoms with van der Waals surface area (Å²) in [5, 5.41) is 3.54. The Bertz CT molecular complexity index is 2670. The van der Waals surface area contributed by atoms with Crippen molar-refractivity contribution < 1.29 is 46.6 Å². The van der Waals surface area contributed by atoms with E-state index in [2.05, 4.69) is 15.2 Å². The molecule has 6 aliphatic rings. The molecule has 3 saturated heterocycles. The second-order valence-electron chi connectivity index (χ2n) is 19.2. The van der Waals surface area contributed by atoms with Crippen LogP contribution in [0.1, 0.15) is 102 Å². The molecule has 2 unspecified atom stereocenters. The van der Waals surface area contributed by atoms with Crippen molar-refractivity contribution in [2.75, 3.05) is 40.4 Å². The smallest absolute Gasteiger partial charge is 0.404 e. The molecule has 5 fully saturated rings.